The Morgan fingerprint density at radius 3 is 2.83 bits per heavy atom. The first-order valence-corrected chi connectivity index (χ1v) is 6.95. The van der Waals surface area contributed by atoms with Gasteiger partial charge in [-0.1, -0.05) is 13.8 Å². The van der Waals surface area contributed by atoms with Crippen LogP contribution in [0, 0.1) is 5.92 Å². The molecule has 108 valence electrons. The Balaban J connectivity index is 2.12. The van der Waals surface area contributed by atoms with Gasteiger partial charge in [-0.15, -0.1) is 0 Å². The number of nitrogens with one attached hydrogen (secondary N) is 1. The van der Waals surface area contributed by atoms with Crippen molar-refractivity contribution in [3.05, 3.63) is 0 Å². The molecule has 0 aliphatic carbocycles. The van der Waals surface area contributed by atoms with E-state index >= 15 is 0 Å². The van der Waals surface area contributed by atoms with Crippen molar-refractivity contribution in [1.82, 2.24) is 10.2 Å². The molecule has 2 atom stereocenters. The molecule has 0 aromatic carbocycles. The molecule has 0 amide bonds. The monoisotopic (exact) mass is 264 g/mol. The average Bonchev–Trinajstić information content (AvgIpc) is 2.33. The third-order valence-corrected chi connectivity index (χ3v) is 3.44. The minimum absolute atomic E-state index is 0.407. The van der Waals surface area contributed by atoms with Crippen LogP contribution in [0.3, 0.4) is 0 Å². The minimum atomic E-state index is -2.35. The molecule has 18 heavy (non-hydrogen) atoms. The Labute approximate surface area is 109 Å². The number of nitrogens with zero attached hydrogens (tertiary/aromatic N) is 1. The van der Waals surface area contributed by atoms with Crippen LogP contribution in [0.4, 0.5) is 8.78 Å². The molecule has 0 saturated carbocycles. The van der Waals surface area contributed by atoms with E-state index in [-0.39, 0.29) is 0 Å². The molecule has 0 aromatic rings. The lowest BCUT2D eigenvalue weighted by atomic mass is 9.94. The van der Waals surface area contributed by atoms with E-state index in [1.165, 1.54) is 0 Å². The van der Waals surface area contributed by atoms with Gasteiger partial charge in [-0.3, -0.25) is 0 Å². The molecule has 0 spiro atoms. The second-order valence-electron chi connectivity index (χ2n) is 5.09. The number of alkyl halides is 2. The van der Waals surface area contributed by atoms with Crippen molar-refractivity contribution in [2.45, 2.75) is 39.2 Å². The van der Waals surface area contributed by atoms with Gasteiger partial charge < -0.3 is 15.0 Å². The van der Waals surface area contributed by atoms with Crippen LogP contribution in [0.5, 0.6) is 0 Å². The number of ether oxygens (including phenoxy) is 1. The normalized spacial score (nSPS) is 25.8. The molecule has 5 heteroatoms. The fraction of sp³-hybridized carbons (Fsp3) is 1.00. The maximum Gasteiger partial charge on any atom is 0.261 e. The van der Waals surface area contributed by atoms with Crippen LogP contribution in [-0.2, 0) is 4.74 Å². The largest absolute Gasteiger partial charge is 0.374 e. The summed E-state index contributed by atoms with van der Waals surface area (Å²) in [6, 6.07) is 0.600. The Kier molecular flexibility index (Phi) is 7.70. The number of halogens is 2. The summed E-state index contributed by atoms with van der Waals surface area (Å²) in [6.07, 6.45) is -0.0577. The predicted molar refractivity (Wildman–Crippen MR) is 69.1 cm³/mol. The van der Waals surface area contributed by atoms with Crippen molar-refractivity contribution in [2.24, 2.45) is 5.92 Å². The number of rotatable bonds is 8. The van der Waals surface area contributed by atoms with Gasteiger partial charge in [0.1, 0.15) is 6.61 Å². The van der Waals surface area contributed by atoms with Crippen molar-refractivity contribution < 1.29 is 13.5 Å². The summed E-state index contributed by atoms with van der Waals surface area (Å²) in [5, 5.41) is 3.57. The van der Waals surface area contributed by atoms with Crippen LogP contribution < -0.4 is 5.32 Å². The van der Waals surface area contributed by atoms with E-state index in [0.29, 0.717) is 18.6 Å². The molecule has 0 aromatic heterocycles. The molecule has 1 N–H and O–H groups in total. The molecule has 1 heterocycles. The van der Waals surface area contributed by atoms with E-state index in [9.17, 15) is 8.78 Å². The van der Waals surface area contributed by atoms with Gasteiger partial charge in [-0.25, -0.2) is 8.78 Å². The van der Waals surface area contributed by atoms with Gasteiger partial charge in [0.05, 0.1) is 6.61 Å². The second kappa shape index (κ2) is 8.77. The Hall–Kier alpha value is -0.260. The topological polar surface area (TPSA) is 24.5 Å². The highest BCUT2D eigenvalue weighted by Gasteiger charge is 2.24. The third-order valence-electron chi connectivity index (χ3n) is 3.44. The highest BCUT2D eigenvalue weighted by molar-refractivity contribution is 4.82. The van der Waals surface area contributed by atoms with Crippen LogP contribution in [0.25, 0.3) is 0 Å². The summed E-state index contributed by atoms with van der Waals surface area (Å²) in [5.74, 6) is 0.611. The zero-order valence-electron chi connectivity index (χ0n) is 11.5. The SMILES string of the molecule is CCCNC1CCN(CCOCC(F)F)CC1C. The second-order valence-corrected chi connectivity index (χ2v) is 5.09. The van der Waals surface area contributed by atoms with E-state index < -0.39 is 13.0 Å². The Morgan fingerprint density at radius 2 is 2.22 bits per heavy atom. The zero-order valence-corrected chi connectivity index (χ0v) is 11.5. The average molecular weight is 264 g/mol. The van der Waals surface area contributed by atoms with E-state index in [2.05, 4.69) is 24.1 Å². The molecule has 0 bridgehead atoms. The molecular weight excluding hydrogens is 238 g/mol. The first-order chi connectivity index (χ1) is 8.63. The van der Waals surface area contributed by atoms with Crippen molar-refractivity contribution in [3.8, 4) is 0 Å². The summed E-state index contributed by atoms with van der Waals surface area (Å²) in [4.78, 5) is 2.31. The summed E-state index contributed by atoms with van der Waals surface area (Å²) >= 11 is 0. The minimum Gasteiger partial charge on any atom is -0.374 e. The quantitative estimate of drug-likeness (QED) is 0.678. The lowest BCUT2D eigenvalue weighted by molar-refractivity contribution is 0.00515. The van der Waals surface area contributed by atoms with E-state index in [4.69, 9.17) is 4.74 Å². The van der Waals surface area contributed by atoms with Gasteiger partial charge in [0.15, 0.2) is 0 Å². The van der Waals surface area contributed by atoms with Crippen LogP contribution in [0.1, 0.15) is 26.7 Å². The van der Waals surface area contributed by atoms with Gasteiger partial charge in [0.2, 0.25) is 0 Å². The highest BCUT2D eigenvalue weighted by atomic mass is 19.3. The molecule has 1 fully saturated rings. The molecule has 1 rings (SSSR count). The highest BCUT2D eigenvalue weighted by Crippen LogP contribution is 2.16. The van der Waals surface area contributed by atoms with Gasteiger partial charge in [-0.05, 0) is 31.8 Å². The summed E-state index contributed by atoms with van der Waals surface area (Å²) in [7, 11) is 0. The molecule has 2 unspecified atom stereocenters. The zero-order chi connectivity index (χ0) is 13.4. The predicted octanol–water partition coefficient (Wildman–Crippen LogP) is 1.98. The van der Waals surface area contributed by atoms with Crippen LogP contribution in [0.15, 0.2) is 0 Å². The first-order valence-electron chi connectivity index (χ1n) is 6.95. The van der Waals surface area contributed by atoms with Crippen molar-refractivity contribution in [3.63, 3.8) is 0 Å². The summed E-state index contributed by atoms with van der Waals surface area (Å²) in [5.41, 5.74) is 0. The van der Waals surface area contributed by atoms with Gasteiger partial charge >= 0.3 is 0 Å². The van der Waals surface area contributed by atoms with Crippen LogP contribution >= 0.6 is 0 Å². The maximum atomic E-state index is 11.9. The number of hydrogen-bond acceptors (Lipinski definition) is 3. The van der Waals surface area contributed by atoms with Crippen LogP contribution in [0.2, 0.25) is 0 Å². The maximum absolute atomic E-state index is 11.9. The molecular formula is C13H26F2N2O. The molecule has 0 radical (unpaired) electrons. The molecule has 3 nitrogen and oxygen atoms in total. The van der Waals surface area contributed by atoms with Crippen molar-refractivity contribution in [1.29, 1.82) is 0 Å². The smallest absolute Gasteiger partial charge is 0.261 e. The summed E-state index contributed by atoms with van der Waals surface area (Å²) < 4.78 is 28.7. The third kappa shape index (κ3) is 6.07. The molecule has 1 aliphatic rings. The first kappa shape index (κ1) is 15.8. The lowest BCUT2D eigenvalue weighted by Gasteiger charge is -2.37. The molecule has 1 aliphatic heterocycles. The van der Waals surface area contributed by atoms with E-state index in [1.54, 1.807) is 0 Å². The van der Waals surface area contributed by atoms with E-state index in [0.717, 1.165) is 39.0 Å². The number of piperidine rings is 1. The number of likely N-dealkylation sites (tertiary alicyclic amines) is 1. The van der Waals surface area contributed by atoms with E-state index in [1.807, 2.05) is 0 Å². The van der Waals surface area contributed by atoms with Gasteiger partial charge in [0.25, 0.3) is 6.43 Å². The number of hydrogen-bond donors (Lipinski definition) is 1. The standard InChI is InChI=1S/C13H26F2N2O/c1-3-5-16-12-4-6-17(9-11(12)2)7-8-18-10-13(14)15/h11-13,16H,3-10H2,1-2H3. The Bertz CT molecular complexity index is 217. The summed E-state index contributed by atoms with van der Waals surface area (Å²) in [6.45, 7) is 8.29. The fourth-order valence-electron chi connectivity index (χ4n) is 2.43. The Morgan fingerprint density at radius 1 is 1.44 bits per heavy atom. The fourth-order valence-corrected chi connectivity index (χ4v) is 2.43. The lowest BCUT2D eigenvalue weighted by Crippen LogP contribution is -2.49. The molecule has 1 saturated heterocycles. The van der Waals surface area contributed by atoms with Crippen molar-refractivity contribution >= 4 is 0 Å². The van der Waals surface area contributed by atoms with Crippen molar-refractivity contribution in [2.75, 3.05) is 39.4 Å². The van der Waals surface area contributed by atoms with Gasteiger partial charge in [0, 0.05) is 19.1 Å². The van der Waals surface area contributed by atoms with Gasteiger partial charge in [-0.2, -0.15) is 0 Å². The van der Waals surface area contributed by atoms with Crippen LogP contribution in [-0.4, -0.2) is 56.8 Å².